The number of nitrogens with one attached hydrogen (secondary N) is 2. The Kier molecular flexibility index (Phi) is 9.23. The first-order valence-corrected chi connectivity index (χ1v) is 8.04. The Morgan fingerprint density at radius 1 is 1.15 bits per heavy atom. The smallest absolute Gasteiger partial charge is 0.220 e. The predicted molar refractivity (Wildman–Crippen MR) is 85.4 cm³/mol. The van der Waals surface area contributed by atoms with E-state index in [0.29, 0.717) is 5.92 Å². The molecule has 0 aromatic carbocycles. The van der Waals surface area contributed by atoms with Crippen LogP contribution in [0, 0.1) is 5.92 Å². The highest BCUT2D eigenvalue weighted by atomic mass is 35.5. The van der Waals surface area contributed by atoms with Crippen LogP contribution in [0.2, 0.25) is 0 Å². The minimum absolute atomic E-state index is 0. The van der Waals surface area contributed by atoms with Crippen molar-refractivity contribution < 1.29 is 4.79 Å². The summed E-state index contributed by atoms with van der Waals surface area (Å²) in [6, 6.07) is 0. The maximum atomic E-state index is 11.8. The van der Waals surface area contributed by atoms with Crippen molar-refractivity contribution >= 4 is 18.3 Å². The van der Waals surface area contributed by atoms with Gasteiger partial charge in [-0.15, -0.1) is 12.4 Å². The molecule has 0 unspecified atom stereocenters. The summed E-state index contributed by atoms with van der Waals surface area (Å²) in [6.45, 7) is 6.47. The standard InChI is InChI=1S/C15H29N3O.ClH/c19-15(13-14-5-2-1-3-6-14)17-7-4-10-18-11-8-16-9-12-18;/h14,16H,1-13H2,(H,17,19);1H. The van der Waals surface area contributed by atoms with Gasteiger partial charge in [-0.3, -0.25) is 4.79 Å². The molecule has 0 atom stereocenters. The maximum absolute atomic E-state index is 11.8. The van der Waals surface area contributed by atoms with Crippen molar-refractivity contribution in [1.82, 2.24) is 15.5 Å². The van der Waals surface area contributed by atoms with E-state index in [9.17, 15) is 4.79 Å². The van der Waals surface area contributed by atoms with Gasteiger partial charge in [0, 0.05) is 39.1 Å². The molecule has 1 amide bonds. The lowest BCUT2D eigenvalue weighted by Gasteiger charge is -2.27. The molecule has 2 N–H and O–H groups in total. The van der Waals surface area contributed by atoms with Gasteiger partial charge in [0.05, 0.1) is 0 Å². The quantitative estimate of drug-likeness (QED) is 0.735. The number of carbonyl (C=O) groups is 1. The first-order valence-electron chi connectivity index (χ1n) is 8.04. The first-order chi connectivity index (χ1) is 9.34. The van der Waals surface area contributed by atoms with Crippen molar-refractivity contribution in [3.63, 3.8) is 0 Å². The van der Waals surface area contributed by atoms with E-state index in [0.717, 1.165) is 52.1 Å². The van der Waals surface area contributed by atoms with Crippen LogP contribution < -0.4 is 10.6 Å². The predicted octanol–water partition coefficient (Wildman–Crippen LogP) is 1.79. The molecule has 0 aromatic rings. The molecule has 1 saturated heterocycles. The fourth-order valence-corrected chi connectivity index (χ4v) is 3.19. The Hall–Kier alpha value is -0.320. The summed E-state index contributed by atoms with van der Waals surface area (Å²) in [5.41, 5.74) is 0. The number of nitrogens with zero attached hydrogens (tertiary/aromatic N) is 1. The second-order valence-electron chi connectivity index (χ2n) is 6.00. The van der Waals surface area contributed by atoms with Crippen LogP contribution in [0.5, 0.6) is 0 Å². The van der Waals surface area contributed by atoms with E-state index in [4.69, 9.17) is 0 Å². The molecule has 4 nitrogen and oxygen atoms in total. The van der Waals surface area contributed by atoms with Crippen molar-refractivity contribution in [2.45, 2.75) is 44.9 Å². The van der Waals surface area contributed by atoms with Gasteiger partial charge < -0.3 is 15.5 Å². The van der Waals surface area contributed by atoms with Crippen LogP contribution in [0.4, 0.5) is 0 Å². The highest BCUT2D eigenvalue weighted by molar-refractivity contribution is 5.85. The molecule has 118 valence electrons. The number of piperazine rings is 1. The van der Waals surface area contributed by atoms with E-state index < -0.39 is 0 Å². The molecule has 0 radical (unpaired) electrons. The van der Waals surface area contributed by atoms with Crippen molar-refractivity contribution in [3.8, 4) is 0 Å². The average molecular weight is 304 g/mol. The van der Waals surface area contributed by atoms with E-state index in [-0.39, 0.29) is 18.3 Å². The molecule has 2 aliphatic rings. The molecule has 1 heterocycles. The second kappa shape index (κ2) is 10.4. The van der Waals surface area contributed by atoms with Gasteiger partial charge in [-0.25, -0.2) is 0 Å². The zero-order valence-electron chi connectivity index (χ0n) is 12.5. The van der Waals surface area contributed by atoms with E-state index in [1.807, 2.05) is 0 Å². The number of hydrogen-bond donors (Lipinski definition) is 2. The van der Waals surface area contributed by atoms with Gasteiger partial charge in [0.15, 0.2) is 0 Å². The Bertz CT molecular complexity index is 264. The van der Waals surface area contributed by atoms with Gasteiger partial charge in [-0.05, 0) is 31.7 Å². The minimum atomic E-state index is 0. The van der Waals surface area contributed by atoms with E-state index in [1.54, 1.807) is 0 Å². The minimum Gasteiger partial charge on any atom is -0.356 e. The topological polar surface area (TPSA) is 44.4 Å². The van der Waals surface area contributed by atoms with Gasteiger partial charge in [0.2, 0.25) is 5.91 Å². The van der Waals surface area contributed by atoms with Crippen molar-refractivity contribution in [3.05, 3.63) is 0 Å². The number of hydrogen-bond acceptors (Lipinski definition) is 3. The number of carbonyl (C=O) groups excluding carboxylic acids is 1. The molecule has 2 fully saturated rings. The van der Waals surface area contributed by atoms with E-state index in [1.165, 1.54) is 32.1 Å². The Labute approximate surface area is 129 Å². The third-order valence-electron chi connectivity index (χ3n) is 4.38. The zero-order chi connectivity index (χ0) is 13.3. The zero-order valence-corrected chi connectivity index (χ0v) is 13.3. The lowest BCUT2D eigenvalue weighted by Crippen LogP contribution is -2.44. The number of rotatable bonds is 6. The number of halogens is 1. The molecule has 1 saturated carbocycles. The summed E-state index contributed by atoms with van der Waals surface area (Å²) in [6.07, 6.45) is 8.36. The highest BCUT2D eigenvalue weighted by Crippen LogP contribution is 2.25. The molecule has 1 aliphatic heterocycles. The Morgan fingerprint density at radius 3 is 2.55 bits per heavy atom. The summed E-state index contributed by atoms with van der Waals surface area (Å²) >= 11 is 0. The molecular weight excluding hydrogens is 274 g/mol. The summed E-state index contributed by atoms with van der Waals surface area (Å²) in [5, 5.41) is 6.45. The molecule has 1 aliphatic carbocycles. The Balaban J connectivity index is 0.00000200. The normalized spacial score (nSPS) is 21.2. The molecule has 0 bridgehead atoms. The number of amides is 1. The first kappa shape index (κ1) is 17.7. The van der Waals surface area contributed by atoms with Gasteiger partial charge in [-0.2, -0.15) is 0 Å². The molecule has 0 aromatic heterocycles. The van der Waals surface area contributed by atoms with Gasteiger partial charge in [0.25, 0.3) is 0 Å². The van der Waals surface area contributed by atoms with Crippen LogP contribution in [-0.4, -0.2) is 50.1 Å². The lowest BCUT2D eigenvalue weighted by molar-refractivity contribution is -0.122. The third kappa shape index (κ3) is 6.91. The Morgan fingerprint density at radius 2 is 1.85 bits per heavy atom. The van der Waals surface area contributed by atoms with Crippen molar-refractivity contribution in [2.75, 3.05) is 39.3 Å². The second-order valence-corrected chi connectivity index (χ2v) is 6.00. The van der Waals surface area contributed by atoms with Crippen LogP contribution >= 0.6 is 12.4 Å². The van der Waals surface area contributed by atoms with Crippen LogP contribution in [0.3, 0.4) is 0 Å². The average Bonchev–Trinajstić information content (AvgIpc) is 2.46. The fraction of sp³-hybridized carbons (Fsp3) is 0.933. The summed E-state index contributed by atoms with van der Waals surface area (Å²) in [7, 11) is 0. The van der Waals surface area contributed by atoms with Gasteiger partial charge >= 0.3 is 0 Å². The van der Waals surface area contributed by atoms with E-state index >= 15 is 0 Å². The highest BCUT2D eigenvalue weighted by Gasteiger charge is 2.16. The largest absolute Gasteiger partial charge is 0.356 e. The van der Waals surface area contributed by atoms with Crippen molar-refractivity contribution in [1.29, 1.82) is 0 Å². The summed E-state index contributed by atoms with van der Waals surface area (Å²) < 4.78 is 0. The van der Waals surface area contributed by atoms with Crippen LogP contribution in [0.1, 0.15) is 44.9 Å². The summed E-state index contributed by atoms with van der Waals surface area (Å²) in [4.78, 5) is 14.3. The molecule has 20 heavy (non-hydrogen) atoms. The molecular formula is C15H30ClN3O. The molecule has 2 rings (SSSR count). The monoisotopic (exact) mass is 303 g/mol. The fourth-order valence-electron chi connectivity index (χ4n) is 3.19. The molecule has 5 heteroatoms. The molecule has 0 spiro atoms. The van der Waals surface area contributed by atoms with Crippen LogP contribution in [0.25, 0.3) is 0 Å². The van der Waals surface area contributed by atoms with E-state index in [2.05, 4.69) is 15.5 Å². The van der Waals surface area contributed by atoms with Crippen LogP contribution in [-0.2, 0) is 4.79 Å². The SMILES string of the molecule is Cl.O=C(CC1CCCCC1)NCCCN1CCNCC1. The van der Waals surface area contributed by atoms with Gasteiger partial charge in [-0.1, -0.05) is 19.3 Å². The van der Waals surface area contributed by atoms with Crippen LogP contribution in [0.15, 0.2) is 0 Å². The van der Waals surface area contributed by atoms with Gasteiger partial charge in [0.1, 0.15) is 0 Å². The van der Waals surface area contributed by atoms with Crippen molar-refractivity contribution in [2.24, 2.45) is 5.92 Å². The third-order valence-corrected chi connectivity index (χ3v) is 4.38. The lowest BCUT2D eigenvalue weighted by atomic mass is 9.87. The summed E-state index contributed by atoms with van der Waals surface area (Å²) in [5.74, 6) is 0.925. The maximum Gasteiger partial charge on any atom is 0.220 e.